The molecule has 0 aromatic rings. The van der Waals surface area contributed by atoms with E-state index in [0.29, 0.717) is 0 Å². The van der Waals surface area contributed by atoms with E-state index < -0.39 is 0 Å². The highest BCUT2D eigenvalue weighted by atomic mass is 13.9. The molecule has 0 spiro atoms. The average molecular weight is 109 g/mol. The molecule has 8 heavy (non-hydrogen) atoms. The largest absolute Gasteiger partial charge is 0.122 e. The van der Waals surface area contributed by atoms with Gasteiger partial charge < -0.3 is 0 Å². The minimum Gasteiger partial charge on any atom is -0.0501 e. The summed E-state index contributed by atoms with van der Waals surface area (Å²) in [6.07, 6.45) is 7.17. The Morgan fingerprint density at radius 1 is 1.75 bits per heavy atom. The van der Waals surface area contributed by atoms with Gasteiger partial charge in [-0.15, -0.1) is 0 Å². The van der Waals surface area contributed by atoms with Gasteiger partial charge in [-0.05, 0) is 13.0 Å². The van der Waals surface area contributed by atoms with Crippen molar-refractivity contribution in [2.24, 2.45) is 0 Å². The van der Waals surface area contributed by atoms with Crippen molar-refractivity contribution in [3.8, 4) is 0 Å². The first kappa shape index (κ1) is 7.35. The Bertz CT molecular complexity index is 88.2. The Morgan fingerprint density at radius 3 is 2.75 bits per heavy atom. The van der Waals surface area contributed by atoms with Gasteiger partial charge in [0.25, 0.3) is 0 Å². The number of hydrogen-bond acceptors (Lipinski definition) is 0. The highest BCUT2D eigenvalue weighted by Gasteiger charge is 1.91. The maximum absolute atomic E-state index is 3.79. The third-order valence-electron chi connectivity index (χ3n) is 0.847. The van der Waals surface area contributed by atoms with Crippen LogP contribution in [0.4, 0.5) is 0 Å². The van der Waals surface area contributed by atoms with Gasteiger partial charge in [0.1, 0.15) is 5.57 Å². The molecule has 0 rings (SSSR count). The van der Waals surface area contributed by atoms with Crippen LogP contribution in [0, 0.1) is 6.42 Å². The molecule has 0 aromatic heterocycles. The van der Waals surface area contributed by atoms with Crippen molar-refractivity contribution in [1.82, 2.24) is 0 Å². The standard InChI is InChI=1S/C8H13/c1-4-6-8(3)7-5-2/h4,6-7H,3,5H2,1-2H3/q+1/b6-4-. The number of hydrogen-bond donors (Lipinski definition) is 0. The predicted octanol–water partition coefficient (Wildman–Crippen LogP) is 2.73. The van der Waals surface area contributed by atoms with Crippen LogP contribution >= 0.6 is 0 Å². The summed E-state index contributed by atoms with van der Waals surface area (Å²) in [6.45, 7) is 7.89. The lowest BCUT2D eigenvalue weighted by molar-refractivity contribution is 1.12. The fourth-order valence-corrected chi connectivity index (χ4v) is 0.544. The van der Waals surface area contributed by atoms with E-state index in [1.54, 1.807) is 0 Å². The molecule has 0 saturated heterocycles. The molecule has 0 aliphatic heterocycles. The van der Waals surface area contributed by atoms with Crippen LogP contribution in [0.3, 0.4) is 0 Å². The van der Waals surface area contributed by atoms with E-state index in [1.165, 1.54) is 0 Å². The van der Waals surface area contributed by atoms with Gasteiger partial charge in [-0.3, -0.25) is 0 Å². The Morgan fingerprint density at radius 2 is 2.38 bits per heavy atom. The molecule has 0 fully saturated rings. The minimum absolute atomic E-state index is 1.07. The Balaban J connectivity index is 3.33. The van der Waals surface area contributed by atoms with Gasteiger partial charge in [-0.25, -0.2) is 0 Å². The Hall–Kier alpha value is -0.650. The van der Waals surface area contributed by atoms with Crippen LogP contribution in [-0.4, -0.2) is 0 Å². The molecule has 0 aliphatic rings. The summed E-state index contributed by atoms with van der Waals surface area (Å²) >= 11 is 0. The van der Waals surface area contributed by atoms with Gasteiger partial charge >= 0.3 is 0 Å². The third kappa shape index (κ3) is 3.54. The van der Waals surface area contributed by atoms with Gasteiger partial charge in [0.2, 0.25) is 0 Å². The molecule has 0 unspecified atom stereocenters. The van der Waals surface area contributed by atoms with Crippen LogP contribution in [-0.2, 0) is 0 Å². The predicted molar refractivity (Wildman–Crippen MR) is 38.5 cm³/mol. The molecule has 0 amide bonds. The van der Waals surface area contributed by atoms with Crippen LogP contribution in [0.25, 0.3) is 0 Å². The van der Waals surface area contributed by atoms with E-state index in [4.69, 9.17) is 0 Å². The van der Waals surface area contributed by atoms with Gasteiger partial charge in [0, 0.05) is 25.5 Å². The molecular formula is C8H13+. The van der Waals surface area contributed by atoms with Crippen molar-refractivity contribution in [2.45, 2.75) is 20.3 Å². The summed E-state index contributed by atoms with van der Waals surface area (Å²) in [6, 6.07) is 0. The molecule has 0 atom stereocenters. The Labute approximate surface area is 51.9 Å². The zero-order valence-corrected chi connectivity index (χ0v) is 5.65. The topological polar surface area (TPSA) is 0 Å². The van der Waals surface area contributed by atoms with Crippen molar-refractivity contribution in [3.05, 3.63) is 30.7 Å². The zero-order valence-electron chi connectivity index (χ0n) is 5.65. The van der Waals surface area contributed by atoms with E-state index >= 15 is 0 Å². The van der Waals surface area contributed by atoms with E-state index in [2.05, 4.69) is 19.9 Å². The monoisotopic (exact) mass is 109 g/mol. The summed E-state index contributed by atoms with van der Waals surface area (Å²) < 4.78 is 0. The van der Waals surface area contributed by atoms with Gasteiger partial charge in [0.05, 0.1) is 0 Å². The van der Waals surface area contributed by atoms with Crippen LogP contribution < -0.4 is 0 Å². The molecular weight excluding hydrogens is 96.1 g/mol. The first-order valence-corrected chi connectivity index (χ1v) is 2.96. The third-order valence-corrected chi connectivity index (χ3v) is 0.847. The normalized spacial score (nSPS) is 9.75. The zero-order chi connectivity index (χ0) is 6.41. The van der Waals surface area contributed by atoms with Crippen molar-refractivity contribution in [1.29, 1.82) is 0 Å². The van der Waals surface area contributed by atoms with E-state index in [1.807, 2.05) is 19.1 Å². The highest BCUT2D eigenvalue weighted by molar-refractivity contribution is 5.21. The molecule has 0 heteroatoms. The van der Waals surface area contributed by atoms with Crippen molar-refractivity contribution in [2.75, 3.05) is 0 Å². The number of allylic oxidation sites excluding steroid dienone is 3. The first-order chi connectivity index (χ1) is 3.81. The van der Waals surface area contributed by atoms with E-state index in [9.17, 15) is 0 Å². The average Bonchev–Trinajstić information content (AvgIpc) is 1.68. The molecule has 0 aliphatic carbocycles. The smallest absolute Gasteiger partial charge is 0.0501 e. The second-order valence-corrected chi connectivity index (χ2v) is 1.69. The van der Waals surface area contributed by atoms with Crippen LogP contribution in [0.15, 0.2) is 24.3 Å². The SMILES string of the molecule is C=C(/C=C\C)[CH+]CC. The maximum Gasteiger partial charge on any atom is 0.122 e. The molecule has 0 N–H and O–H groups in total. The maximum atomic E-state index is 3.79. The van der Waals surface area contributed by atoms with Gasteiger partial charge in [0.15, 0.2) is 0 Å². The van der Waals surface area contributed by atoms with Crippen molar-refractivity contribution >= 4 is 0 Å². The highest BCUT2D eigenvalue weighted by Crippen LogP contribution is 1.99. The fraction of sp³-hybridized carbons (Fsp3) is 0.375. The van der Waals surface area contributed by atoms with Crippen LogP contribution in [0.5, 0.6) is 0 Å². The second kappa shape index (κ2) is 4.51. The Kier molecular flexibility index (Phi) is 4.14. The molecule has 0 heterocycles. The van der Waals surface area contributed by atoms with Crippen LogP contribution in [0.2, 0.25) is 0 Å². The quantitative estimate of drug-likeness (QED) is 0.386. The van der Waals surface area contributed by atoms with Gasteiger partial charge in [-0.1, -0.05) is 6.92 Å². The molecule has 0 radical (unpaired) electrons. The summed E-state index contributed by atoms with van der Waals surface area (Å²) in [5, 5.41) is 0. The molecule has 0 bridgehead atoms. The van der Waals surface area contributed by atoms with Crippen molar-refractivity contribution < 1.29 is 0 Å². The van der Waals surface area contributed by atoms with Gasteiger partial charge in [-0.2, -0.15) is 0 Å². The van der Waals surface area contributed by atoms with Crippen LogP contribution in [0.1, 0.15) is 20.3 Å². The lowest BCUT2D eigenvalue weighted by Gasteiger charge is -1.81. The first-order valence-electron chi connectivity index (χ1n) is 2.96. The number of rotatable bonds is 3. The lowest BCUT2D eigenvalue weighted by Crippen LogP contribution is -1.72. The summed E-state index contributed by atoms with van der Waals surface area (Å²) in [7, 11) is 0. The van der Waals surface area contributed by atoms with Crippen molar-refractivity contribution in [3.63, 3.8) is 0 Å². The molecule has 0 nitrogen and oxygen atoms in total. The lowest BCUT2D eigenvalue weighted by atomic mass is 10.2. The molecule has 0 saturated carbocycles. The summed E-state index contributed by atoms with van der Waals surface area (Å²) in [5.74, 6) is 0. The minimum atomic E-state index is 1.07. The summed E-state index contributed by atoms with van der Waals surface area (Å²) in [5.41, 5.74) is 1.11. The molecule has 44 valence electrons. The van der Waals surface area contributed by atoms with E-state index in [-0.39, 0.29) is 0 Å². The summed E-state index contributed by atoms with van der Waals surface area (Å²) in [4.78, 5) is 0. The molecule has 0 aromatic carbocycles. The van der Waals surface area contributed by atoms with E-state index in [0.717, 1.165) is 12.0 Å². The fourth-order valence-electron chi connectivity index (χ4n) is 0.544. The second-order valence-electron chi connectivity index (χ2n) is 1.69.